The maximum atomic E-state index is 12.4. The molecule has 1 fully saturated rings. The molecule has 0 saturated carbocycles. The standard InChI is InChI=1S/C8H14F2IN/c9-8(10)7-3-1-2-5-12(7)6-4-11/h7-8H,1-6H2. The van der Waals surface area contributed by atoms with Crippen molar-refractivity contribution >= 4 is 22.6 Å². The van der Waals surface area contributed by atoms with Gasteiger partial charge in [0, 0.05) is 11.0 Å². The fraction of sp³-hybridized carbons (Fsp3) is 1.00. The van der Waals surface area contributed by atoms with E-state index in [0.29, 0.717) is 6.42 Å². The number of likely N-dealkylation sites (tertiary alicyclic amines) is 1. The van der Waals surface area contributed by atoms with Gasteiger partial charge < -0.3 is 0 Å². The van der Waals surface area contributed by atoms with Crippen molar-refractivity contribution in [2.24, 2.45) is 0 Å². The maximum absolute atomic E-state index is 12.4. The molecule has 0 aromatic rings. The number of alkyl halides is 3. The molecule has 1 aliphatic heterocycles. The van der Waals surface area contributed by atoms with E-state index in [4.69, 9.17) is 0 Å². The molecule has 12 heavy (non-hydrogen) atoms. The third kappa shape index (κ3) is 2.80. The second-order valence-electron chi connectivity index (χ2n) is 3.12. The van der Waals surface area contributed by atoms with E-state index in [1.807, 2.05) is 4.90 Å². The average Bonchev–Trinajstić information content (AvgIpc) is 2.05. The summed E-state index contributed by atoms with van der Waals surface area (Å²) in [5, 5.41) is 0. The van der Waals surface area contributed by atoms with Gasteiger partial charge in [0.25, 0.3) is 6.43 Å². The van der Waals surface area contributed by atoms with E-state index in [9.17, 15) is 8.78 Å². The Kier molecular flexibility index (Phi) is 4.71. The molecule has 1 atom stereocenters. The smallest absolute Gasteiger partial charge is 0.253 e. The molecule has 0 aromatic carbocycles. The predicted octanol–water partition coefficient (Wildman–Crippen LogP) is 2.54. The molecule has 1 saturated heterocycles. The highest BCUT2D eigenvalue weighted by molar-refractivity contribution is 14.1. The first-order chi connectivity index (χ1) is 5.75. The molecule has 0 bridgehead atoms. The first kappa shape index (κ1) is 10.6. The van der Waals surface area contributed by atoms with Crippen molar-refractivity contribution in [3.05, 3.63) is 0 Å². The molecule has 0 radical (unpaired) electrons. The third-order valence-corrected chi connectivity index (χ3v) is 2.81. The normalized spacial score (nSPS) is 26.5. The second kappa shape index (κ2) is 5.32. The highest BCUT2D eigenvalue weighted by Gasteiger charge is 2.28. The van der Waals surface area contributed by atoms with Gasteiger partial charge in [-0.2, -0.15) is 0 Å². The Labute approximate surface area is 85.6 Å². The zero-order chi connectivity index (χ0) is 8.97. The van der Waals surface area contributed by atoms with Crippen LogP contribution >= 0.6 is 22.6 Å². The maximum Gasteiger partial charge on any atom is 0.253 e. The van der Waals surface area contributed by atoms with Crippen LogP contribution in [0.5, 0.6) is 0 Å². The molecule has 1 rings (SSSR count). The Balaban J connectivity index is 2.42. The van der Waals surface area contributed by atoms with Crippen molar-refractivity contribution in [2.75, 3.05) is 17.5 Å². The Hall–Kier alpha value is 0.550. The van der Waals surface area contributed by atoms with Gasteiger partial charge >= 0.3 is 0 Å². The van der Waals surface area contributed by atoms with Gasteiger partial charge in [-0.1, -0.05) is 29.0 Å². The van der Waals surface area contributed by atoms with Crippen LogP contribution in [-0.2, 0) is 0 Å². The van der Waals surface area contributed by atoms with E-state index in [-0.39, 0.29) is 0 Å². The molecular weight excluding hydrogens is 275 g/mol. The monoisotopic (exact) mass is 289 g/mol. The van der Waals surface area contributed by atoms with Gasteiger partial charge in [0.1, 0.15) is 0 Å². The van der Waals surface area contributed by atoms with Crippen LogP contribution in [0.25, 0.3) is 0 Å². The van der Waals surface area contributed by atoms with E-state index in [0.717, 1.165) is 30.4 Å². The van der Waals surface area contributed by atoms with E-state index < -0.39 is 12.5 Å². The molecule has 1 aliphatic rings. The molecule has 0 spiro atoms. The number of rotatable bonds is 3. The molecule has 4 heteroatoms. The van der Waals surface area contributed by atoms with Crippen molar-refractivity contribution in [3.63, 3.8) is 0 Å². The molecule has 0 N–H and O–H groups in total. The van der Waals surface area contributed by atoms with Crippen LogP contribution in [0.2, 0.25) is 0 Å². The number of piperidine rings is 1. The summed E-state index contributed by atoms with van der Waals surface area (Å²) in [6, 6.07) is -0.464. The summed E-state index contributed by atoms with van der Waals surface area (Å²) in [5.74, 6) is 0. The van der Waals surface area contributed by atoms with Gasteiger partial charge in [0.05, 0.1) is 6.04 Å². The summed E-state index contributed by atoms with van der Waals surface area (Å²) in [6.45, 7) is 1.67. The Morgan fingerprint density at radius 1 is 1.42 bits per heavy atom. The van der Waals surface area contributed by atoms with E-state index >= 15 is 0 Å². The van der Waals surface area contributed by atoms with Gasteiger partial charge in [-0.25, -0.2) is 8.78 Å². The van der Waals surface area contributed by atoms with Crippen molar-refractivity contribution in [3.8, 4) is 0 Å². The minimum atomic E-state index is -2.16. The van der Waals surface area contributed by atoms with Gasteiger partial charge in [-0.3, -0.25) is 4.90 Å². The number of nitrogens with zero attached hydrogens (tertiary/aromatic N) is 1. The van der Waals surface area contributed by atoms with Crippen LogP contribution < -0.4 is 0 Å². The zero-order valence-corrected chi connectivity index (χ0v) is 9.14. The number of hydrogen-bond acceptors (Lipinski definition) is 1. The summed E-state index contributed by atoms with van der Waals surface area (Å²) in [5.41, 5.74) is 0. The second-order valence-corrected chi connectivity index (χ2v) is 4.20. The minimum Gasteiger partial charge on any atom is -0.294 e. The highest BCUT2D eigenvalue weighted by Crippen LogP contribution is 2.21. The molecule has 72 valence electrons. The van der Waals surface area contributed by atoms with E-state index in [1.165, 1.54) is 0 Å². The lowest BCUT2D eigenvalue weighted by molar-refractivity contribution is 0.00802. The molecule has 1 unspecified atom stereocenters. The van der Waals surface area contributed by atoms with Crippen molar-refractivity contribution in [2.45, 2.75) is 31.7 Å². The Morgan fingerprint density at radius 3 is 2.75 bits per heavy atom. The third-order valence-electron chi connectivity index (χ3n) is 2.33. The van der Waals surface area contributed by atoms with Crippen LogP contribution in [0.1, 0.15) is 19.3 Å². The van der Waals surface area contributed by atoms with E-state index in [1.54, 1.807) is 0 Å². The minimum absolute atomic E-state index is 0.464. The first-order valence-electron chi connectivity index (χ1n) is 4.34. The summed E-state index contributed by atoms with van der Waals surface area (Å²) in [4.78, 5) is 1.93. The van der Waals surface area contributed by atoms with Crippen LogP contribution in [0.3, 0.4) is 0 Å². The van der Waals surface area contributed by atoms with Gasteiger partial charge in [-0.05, 0) is 19.4 Å². The summed E-state index contributed by atoms with van der Waals surface area (Å²) < 4.78 is 25.8. The predicted molar refractivity (Wildman–Crippen MR) is 54.1 cm³/mol. The van der Waals surface area contributed by atoms with Gasteiger partial charge in [-0.15, -0.1) is 0 Å². The van der Waals surface area contributed by atoms with Crippen LogP contribution in [-0.4, -0.2) is 34.9 Å². The summed E-state index contributed by atoms with van der Waals surface area (Å²) >= 11 is 2.24. The molecular formula is C8H14F2IN. The van der Waals surface area contributed by atoms with Crippen molar-refractivity contribution < 1.29 is 8.78 Å². The largest absolute Gasteiger partial charge is 0.294 e. The number of hydrogen-bond donors (Lipinski definition) is 0. The molecule has 0 aliphatic carbocycles. The molecule has 0 aromatic heterocycles. The van der Waals surface area contributed by atoms with Crippen LogP contribution in [0.4, 0.5) is 8.78 Å². The summed E-state index contributed by atoms with van der Waals surface area (Å²) in [7, 11) is 0. The topological polar surface area (TPSA) is 3.24 Å². The fourth-order valence-corrected chi connectivity index (χ4v) is 2.31. The Morgan fingerprint density at radius 2 is 2.17 bits per heavy atom. The highest BCUT2D eigenvalue weighted by atomic mass is 127. The average molecular weight is 289 g/mol. The lowest BCUT2D eigenvalue weighted by atomic mass is 10.0. The van der Waals surface area contributed by atoms with Gasteiger partial charge in [0.2, 0.25) is 0 Å². The zero-order valence-electron chi connectivity index (χ0n) is 6.98. The quantitative estimate of drug-likeness (QED) is 0.570. The lowest BCUT2D eigenvalue weighted by Gasteiger charge is -2.34. The van der Waals surface area contributed by atoms with Crippen molar-refractivity contribution in [1.29, 1.82) is 0 Å². The molecule has 1 heterocycles. The SMILES string of the molecule is FC(F)C1CCCCN1CCI. The van der Waals surface area contributed by atoms with Crippen LogP contribution in [0.15, 0.2) is 0 Å². The van der Waals surface area contributed by atoms with Crippen LogP contribution in [0, 0.1) is 0 Å². The molecule has 1 nitrogen and oxygen atoms in total. The molecule has 0 amide bonds. The summed E-state index contributed by atoms with van der Waals surface area (Å²) in [6.07, 6.45) is 0.564. The Bertz CT molecular complexity index is 130. The lowest BCUT2D eigenvalue weighted by Crippen LogP contribution is -2.44. The van der Waals surface area contributed by atoms with E-state index in [2.05, 4.69) is 22.6 Å². The van der Waals surface area contributed by atoms with Gasteiger partial charge in [0.15, 0.2) is 0 Å². The van der Waals surface area contributed by atoms with Crippen molar-refractivity contribution in [1.82, 2.24) is 4.90 Å². The number of halogens is 3. The fourth-order valence-electron chi connectivity index (χ4n) is 1.69. The first-order valence-corrected chi connectivity index (χ1v) is 5.86.